The number of hydrogen-bond donors (Lipinski definition) is 1. The van der Waals surface area contributed by atoms with Crippen LogP contribution in [-0.4, -0.2) is 11.2 Å². The first kappa shape index (κ1) is 11.7. The Balaban J connectivity index is 2.52. The molecule has 0 radical (unpaired) electrons. The average molecular weight is 205 g/mol. The van der Waals surface area contributed by atoms with E-state index in [1.807, 2.05) is 19.2 Å². The van der Waals surface area contributed by atoms with Gasteiger partial charge < -0.3 is 5.73 Å². The lowest BCUT2D eigenvalue weighted by atomic mass is 10.2. The molecule has 0 spiro atoms. The van der Waals surface area contributed by atoms with Gasteiger partial charge in [-0.3, -0.25) is 9.98 Å². The smallest absolute Gasteiger partial charge is 0.0858 e. The molecule has 1 aromatic heterocycles. The predicted molar refractivity (Wildman–Crippen MR) is 65.7 cm³/mol. The maximum Gasteiger partial charge on any atom is 0.0858 e. The summed E-state index contributed by atoms with van der Waals surface area (Å²) in [5.41, 5.74) is 8.12. The van der Waals surface area contributed by atoms with Gasteiger partial charge in [-0.05, 0) is 25.8 Å². The van der Waals surface area contributed by atoms with Crippen molar-refractivity contribution in [1.29, 1.82) is 0 Å². The van der Waals surface area contributed by atoms with Crippen LogP contribution in [0.1, 0.15) is 38.3 Å². The van der Waals surface area contributed by atoms with Crippen molar-refractivity contribution in [3.63, 3.8) is 0 Å². The molecule has 0 aliphatic heterocycles. The lowest BCUT2D eigenvalue weighted by Crippen LogP contribution is -1.88. The Morgan fingerprint density at radius 1 is 1.47 bits per heavy atom. The van der Waals surface area contributed by atoms with Crippen molar-refractivity contribution in [2.24, 2.45) is 4.99 Å². The summed E-state index contributed by atoms with van der Waals surface area (Å²) in [6.07, 6.45) is 8.36. The van der Waals surface area contributed by atoms with Crippen LogP contribution in [0.25, 0.3) is 0 Å². The van der Waals surface area contributed by atoms with Gasteiger partial charge in [-0.15, -0.1) is 0 Å². The monoisotopic (exact) mass is 205 g/mol. The molecule has 0 aromatic carbocycles. The lowest BCUT2D eigenvalue weighted by molar-refractivity contribution is 0.746. The Labute approximate surface area is 91.4 Å². The van der Waals surface area contributed by atoms with Crippen LogP contribution in [0.5, 0.6) is 0 Å². The second kappa shape index (κ2) is 6.17. The third-order valence-electron chi connectivity index (χ3n) is 2.25. The molecule has 0 saturated heterocycles. The van der Waals surface area contributed by atoms with Crippen LogP contribution in [0.4, 0.5) is 11.4 Å². The number of nitrogens with zero attached hydrogens (tertiary/aromatic N) is 2. The third-order valence-corrected chi connectivity index (χ3v) is 2.25. The number of unbranched alkanes of at least 4 members (excludes halogenated alkanes) is 3. The van der Waals surface area contributed by atoms with Crippen molar-refractivity contribution in [3.05, 3.63) is 18.0 Å². The second-order valence-electron chi connectivity index (χ2n) is 3.68. The van der Waals surface area contributed by atoms with Crippen LogP contribution in [0.15, 0.2) is 17.3 Å². The Hall–Kier alpha value is -1.38. The minimum atomic E-state index is 0.668. The van der Waals surface area contributed by atoms with Gasteiger partial charge >= 0.3 is 0 Å². The molecule has 0 amide bonds. The van der Waals surface area contributed by atoms with E-state index in [9.17, 15) is 0 Å². The van der Waals surface area contributed by atoms with E-state index in [2.05, 4.69) is 16.9 Å². The average Bonchev–Trinajstić information content (AvgIpc) is 2.23. The van der Waals surface area contributed by atoms with Crippen LogP contribution in [0, 0.1) is 6.92 Å². The zero-order valence-electron chi connectivity index (χ0n) is 9.53. The number of hydrogen-bond acceptors (Lipinski definition) is 3. The number of anilines is 1. The summed E-state index contributed by atoms with van der Waals surface area (Å²) < 4.78 is 0. The van der Waals surface area contributed by atoms with E-state index in [0.29, 0.717) is 5.69 Å². The normalized spacial score (nSPS) is 11.1. The maximum absolute atomic E-state index is 5.64. The van der Waals surface area contributed by atoms with E-state index in [-0.39, 0.29) is 0 Å². The van der Waals surface area contributed by atoms with Crippen molar-refractivity contribution >= 4 is 17.6 Å². The minimum absolute atomic E-state index is 0.668. The van der Waals surface area contributed by atoms with E-state index in [0.717, 1.165) is 17.8 Å². The molecule has 0 atom stereocenters. The number of nitrogen functional groups attached to an aromatic ring is 1. The van der Waals surface area contributed by atoms with Crippen molar-refractivity contribution in [1.82, 2.24) is 4.98 Å². The molecule has 3 nitrogen and oxygen atoms in total. The minimum Gasteiger partial charge on any atom is -0.397 e. The van der Waals surface area contributed by atoms with Gasteiger partial charge in [0.15, 0.2) is 0 Å². The quantitative estimate of drug-likeness (QED) is 0.592. The second-order valence-corrected chi connectivity index (χ2v) is 3.68. The Morgan fingerprint density at radius 2 is 2.27 bits per heavy atom. The van der Waals surface area contributed by atoms with Gasteiger partial charge in [-0.1, -0.05) is 19.8 Å². The van der Waals surface area contributed by atoms with Gasteiger partial charge in [0.2, 0.25) is 0 Å². The standard InChI is InChI=1S/C12H19N3/c1-3-4-5-6-7-14-12-8-11(13)9-15-10(12)2/h7-9H,3-6,13H2,1-2H3/b14-7-. The van der Waals surface area contributed by atoms with E-state index in [1.54, 1.807) is 6.20 Å². The molecule has 0 bridgehead atoms. The molecule has 1 aromatic rings. The summed E-state index contributed by atoms with van der Waals surface area (Å²) in [7, 11) is 0. The molecule has 82 valence electrons. The highest BCUT2D eigenvalue weighted by Gasteiger charge is 1.96. The first-order valence-corrected chi connectivity index (χ1v) is 5.48. The SMILES string of the molecule is CCCCC/C=N\c1cc(N)cnc1C. The number of pyridine rings is 1. The fourth-order valence-corrected chi connectivity index (χ4v) is 1.32. The molecule has 0 aliphatic carbocycles. The number of aromatic nitrogens is 1. The molecule has 1 rings (SSSR count). The van der Waals surface area contributed by atoms with Gasteiger partial charge in [0, 0.05) is 6.21 Å². The number of aliphatic imine (C=N–C) groups is 1. The summed E-state index contributed by atoms with van der Waals surface area (Å²) in [6, 6.07) is 1.86. The number of nitrogens with two attached hydrogens (primary N) is 1. The molecular weight excluding hydrogens is 186 g/mol. The van der Waals surface area contributed by atoms with Crippen LogP contribution in [-0.2, 0) is 0 Å². The molecular formula is C12H19N3. The largest absolute Gasteiger partial charge is 0.397 e. The van der Waals surface area contributed by atoms with Gasteiger partial charge in [-0.2, -0.15) is 0 Å². The number of aryl methyl sites for hydroxylation is 1. The first-order chi connectivity index (χ1) is 7.24. The van der Waals surface area contributed by atoms with Crippen LogP contribution in [0.2, 0.25) is 0 Å². The highest BCUT2D eigenvalue weighted by atomic mass is 14.8. The molecule has 15 heavy (non-hydrogen) atoms. The summed E-state index contributed by atoms with van der Waals surface area (Å²) in [5.74, 6) is 0. The Bertz CT molecular complexity index is 332. The zero-order chi connectivity index (χ0) is 11.1. The fourth-order valence-electron chi connectivity index (χ4n) is 1.32. The van der Waals surface area contributed by atoms with E-state index < -0.39 is 0 Å². The molecule has 0 aliphatic rings. The van der Waals surface area contributed by atoms with Gasteiger partial charge in [0.05, 0.1) is 23.3 Å². The highest BCUT2D eigenvalue weighted by Crippen LogP contribution is 2.18. The van der Waals surface area contributed by atoms with E-state index >= 15 is 0 Å². The van der Waals surface area contributed by atoms with Crippen LogP contribution in [0.3, 0.4) is 0 Å². The number of rotatable bonds is 5. The van der Waals surface area contributed by atoms with Crippen LogP contribution < -0.4 is 5.73 Å². The lowest BCUT2D eigenvalue weighted by Gasteiger charge is -2.00. The molecule has 0 saturated carbocycles. The Kier molecular flexibility index (Phi) is 4.81. The van der Waals surface area contributed by atoms with E-state index in [4.69, 9.17) is 5.73 Å². The zero-order valence-corrected chi connectivity index (χ0v) is 9.53. The summed E-state index contributed by atoms with van der Waals surface area (Å²) in [4.78, 5) is 8.53. The molecule has 2 N–H and O–H groups in total. The molecule has 0 unspecified atom stereocenters. The third kappa shape index (κ3) is 4.11. The summed E-state index contributed by atoms with van der Waals surface area (Å²) in [6.45, 7) is 4.14. The van der Waals surface area contributed by atoms with Crippen molar-refractivity contribution in [2.45, 2.75) is 39.5 Å². The first-order valence-electron chi connectivity index (χ1n) is 5.48. The topological polar surface area (TPSA) is 51.3 Å². The molecule has 0 fully saturated rings. The van der Waals surface area contributed by atoms with Crippen molar-refractivity contribution in [2.75, 3.05) is 5.73 Å². The summed E-state index contributed by atoms with van der Waals surface area (Å²) in [5, 5.41) is 0. The molecule has 3 heteroatoms. The van der Waals surface area contributed by atoms with E-state index in [1.165, 1.54) is 19.3 Å². The van der Waals surface area contributed by atoms with Gasteiger partial charge in [-0.25, -0.2) is 0 Å². The predicted octanol–water partition coefficient (Wildman–Crippen LogP) is 3.25. The van der Waals surface area contributed by atoms with Crippen molar-refractivity contribution < 1.29 is 0 Å². The fraction of sp³-hybridized carbons (Fsp3) is 0.500. The maximum atomic E-state index is 5.64. The molecule has 1 heterocycles. The van der Waals surface area contributed by atoms with Gasteiger partial charge in [0.1, 0.15) is 0 Å². The van der Waals surface area contributed by atoms with Crippen molar-refractivity contribution in [3.8, 4) is 0 Å². The highest BCUT2D eigenvalue weighted by molar-refractivity contribution is 5.65. The Morgan fingerprint density at radius 3 is 3.00 bits per heavy atom. The van der Waals surface area contributed by atoms with Crippen LogP contribution >= 0.6 is 0 Å². The summed E-state index contributed by atoms with van der Waals surface area (Å²) >= 11 is 0. The van der Waals surface area contributed by atoms with Gasteiger partial charge in [0.25, 0.3) is 0 Å².